The second-order valence-corrected chi connectivity index (χ2v) is 2.60. The van der Waals surface area contributed by atoms with Crippen LogP contribution in [0.15, 0.2) is 0 Å². The second-order valence-electron chi connectivity index (χ2n) is 2.24. The molecule has 56 valence electrons. The van der Waals surface area contributed by atoms with E-state index in [1.807, 2.05) is 13.8 Å². The number of aromatic nitrogens is 3. The summed E-state index contributed by atoms with van der Waals surface area (Å²) in [6.45, 7) is 3.81. The van der Waals surface area contributed by atoms with Crippen LogP contribution >= 0.6 is 11.6 Å². The highest BCUT2D eigenvalue weighted by atomic mass is 35.5. The van der Waals surface area contributed by atoms with E-state index in [1.54, 1.807) is 0 Å². The van der Waals surface area contributed by atoms with Crippen LogP contribution in [-0.4, -0.2) is 20.1 Å². The lowest BCUT2D eigenvalue weighted by atomic mass is 10.4. The van der Waals surface area contributed by atoms with Crippen molar-refractivity contribution in [1.82, 2.24) is 15.0 Å². The van der Waals surface area contributed by atoms with Crippen molar-refractivity contribution in [3.63, 3.8) is 0 Å². The molecule has 0 atom stereocenters. The molecule has 1 aromatic rings. The summed E-state index contributed by atoms with van der Waals surface area (Å²) >= 11 is 5.59. The first-order valence-corrected chi connectivity index (χ1v) is 3.30. The van der Waals surface area contributed by atoms with Crippen LogP contribution in [0.5, 0.6) is 5.88 Å². The fourth-order valence-electron chi connectivity index (χ4n) is 0.603. The van der Waals surface area contributed by atoms with Crippen molar-refractivity contribution >= 4 is 11.6 Å². The van der Waals surface area contributed by atoms with Crippen molar-refractivity contribution in [2.45, 2.75) is 19.9 Å². The number of hydrogen-bond acceptors (Lipinski definition) is 3. The highest BCUT2D eigenvalue weighted by Crippen LogP contribution is 2.21. The predicted octanol–water partition coefficient (Wildman–Crippen LogP) is 1.22. The van der Waals surface area contributed by atoms with Gasteiger partial charge in [0.25, 0.3) is 5.88 Å². The van der Waals surface area contributed by atoms with Crippen molar-refractivity contribution in [2.75, 3.05) is 0 Å². The van der Waals surface area contributed by atoms with Crippen molar-refractivity contribution < 1.29 is 5.11 Å². The fourth-order valence-corrected chi connectivity index (χ4v) is 0.870. The third-order valence-electron chi connectivity index (χ3n) is 1.11. The van der Waals surface area contributed by atoms with Crippen LogP contribution in [0.25, 0.3) is 0 Å². The highest BCUT2D eigenvalue weighted by Gasteiger charge is 2.10. The summed E-state index contributed by atoms with van der Waals surface area (Å²) in [6.07, 6.45) is 0. The Labute approximate surface area is 63.4 Å². The van der Waals surface area contributed by atoms with Gasteiger partial charge in [0.1, 0.15) is 0 Å². The van der Waals surface area contributed by atoms with Gasteiger partial charge in [0.2, 0.25) is 0 Å². The van der Waals surface area contributed by atoms with Gasteiger partial charge in [-0.15, -0.1) is 0 Å². The Balaban J connectivity index is 3.05. The summed E-state index contributed by atoms with van der Waals surface area (Å²) < 4.78 is 1.44. The maximum absolute atomic E-state index is 8.86. The molecule has 0 radical (unpaired) electrons. The van der Waals surface area contributed by atoms with Crippen LogP contribution in [0.2, 0.25) is 5.15 Å². The van der Waals surface area contributed by atoms with E-state index in [1.165, 1.54) is 4.68 Å². The molecule has 1 rings (SSSR count). The predicted molar refractivity (Wildman–Crippen MR) is 37.1 cm³/mol. The molecule has 0 unspecified atom stereocenters. The number of nitrogens with zero attached hydrogens (tertiary/aromatic N) is 3. The Hall–Kier alpha value is -0.770. The number of aromatic hydroxyl groups is 1. The molecule has 0 fully saturated rings. The van der Waals surface area contributed by atoms with Crippen molar-refractivity contribution in [2.24, 2.45) is 0 Å². The summed E-state index contributed by atoms with van der Waals surface area (Å²) in [5.74, 6) is -0.213. The normalized spacial score (nSPS) is 10.8. The van der Waals surface area contributed by atoms with E-state index >= 15 is 0 Å². The minimum atomic E-state index is -0.213. The summed E-state index contributed by atoms with van der Waals surface area (Å²) in [6, 6.07) is 0.126. The van der Waals surface area contributed by atoms with Crippen LogP contribution < -0.4 is 0 Å². The largest absolute Gasteiger partial charge is 0.490 e. The number of halogens is 1. The molecule has 1 aromatic heterocycles. The molecule has 0 bridgehead atoms. The van der Waals surface area contributed by atoms with Gasteiger partial charge in [-0.1, -0.05) is 21.9 Å². The molecule has 0 saturated carbocycles. The molecule has 0 aromatic carbocycles. The maximum atomic E-state index is 8.86. The number of hydrogen-bond donors (Lipinski definition) is 1. The van der Waals surface area contributed by atoms with Gasteiger partial charge in [-0.3, -0.25) is 0 Å². The Morgan fingerprint density at radius 2 is 2.20 bits per heavy atom. The molecule has 0 amide bonds. The third-order valence-corrected chi connectivity index (χ3v) is 1.45. The van der Waals surface area contributed by atoms with Crippen LogP contribution in [0, 0.1) is 0 Å². The van der Waals surface area contributed by atoms with Crippen LogP contribution in [0.3, 0.4) is 0 Å². The SMILES string of the molecule is CC(C)n1nnc(O)c1Cl. The van der Waals surface area contributed by atoms with E-state index in [4.69, 9.17) is 16.7 Å². The first kappa shape index (κ1) is 7.34. The molecule has 1 heterocycles. The van der Waals surface area contributed by atoms with Gasteiger partial charge >= 0.3 is 0 Å². The van der Waals surface area contributed by atoms with Crippen LogP contribution in [0.4, 0.5) is 0 Å². The van der Waals surface area contributed by atoms with Gasteiger partial charge < -0.3 is 5.11 Å². The quantitative estimate of drug-likeness (QED) is 0.674. The van der Waals surface area contributed by atoms with Crippen molar-refractivity contribution in [3.8, 4) is 5.88 Å². The molecule has 10 heavy (non-hydrogen) atoms. The average molecular weight is 162 g/mol. The van der Waals surface area contributed by atoms with Crippen molar-refractivity contribution in [1.29, 1.82) is 0 Å². The van der Waals surface area contributed by atoms with E-state index in [9.17, 15) is 0 Å². The number of rotatable bonds is 1. The highest BCUT2D eigenvalue weighted by molar-refractivity contribution is 6.30. The molecular weight excluding hydrogens is 154 g/mol. The lowest BCUT2D eigenvalue weighted by Gasteiger charge is -2.02. The zero-order chi connectivity index (χ0) is 7.72. The average Bonchev–Trinajstić information content (AvgIpc) is 2.14. The molecule has 0 aliphatic carbocycles. The Bertz CT molecular complexity index is 233. The van der Waals surface area contributed by atoms with Gasteiger partial charge in [-0.25, -0.2) is 4.68 Å². The van der Waals surface area contributed by atoms with E-state index in [0.29, 0.717) is 0 Å². The van der Waals surface area contributed by atoms with E-state index in [0.717, 1.165) is 0 Å². The van der Waals surface area contributed by atoms with Gasteiger partial charge in [-0.2, -0.15) is 0 Å². The third kappa shape index (κ3) is 1.07. The molecule has 0 saturated heterocycles. The van der Waals surface area contributed by atoms with Gasteiger partial charge in [0.05, 0.1) is 0 Å². The van der Waals surface area contributed by atoms with Gasteiger partial charge in [0.15, 0.2) is 5.15 Å². The molecular formula is C5H8ClN3O. The molecule has 0 aliphatic heterocycles. The standard InChI is InChI=1S/C5H8ClN3O/c1-3(2)9-4(6)5(10)7-8-9/h3,10H,1-2H3. The van der Waals surface area contributed by atoms with E-state index < -0.39 is 0 Å². The smallest absolute Gasteiger partial charge is 0.270 e. The topological polar surface area (TPSA) is 50.9 Å². The molecule has 0 aliphatic rings. The minimum absolute atomic E-state index is 0.126. The molecule has 0 spiro atoms. The lowest BCUT2D eigenvalue weighted by Crippen LogP contribution is -2.02. The zero-order valence-corrected chi connectivity index (χ0v) is 6.50. The summed E-state index contributed by atoms with van der Waals surface area (Å²) in [5.41, 5.74) is 0. The van der Waals surface area contributed by atoms with Crippen LogP contribution in [0.1, 0.15) is 19.9 Å². The fraction of sp³-hybridized carbons (Fsp3) is 0.600. The molecule has 1 N–H and O–H groups in total. The van der Waals surface area contributed by atoms with E-state index in [2.05, 4.69) is 10.3 Å². The minimum Gasteiger partial charge on any atom is -0.490 e. The Kier molecular flexibility index (Phi) is 1.80. The molecule has 4 nitrogen and oxygen atoms in total. The summed E-state index contributed by atoms with van der Waals surface area (Å²) in [7, 11) is 0. The molecule has 5 heteroatoms. The zero-order valence-electron chi connectivity index (χ0n) is 5.74. The summed E-state index contributed by atoms with van der Waals surface area (Å²) in [4.78, 5) is 0. The van der Waals surface area contributed by atoms with Crippen LogP contribution in [-0.2, 0) is 0 Å². The second kappa shape index (κ2) is 2.46. The lowest BCUT2D eigenvalue weighted by molar-refractivity contribution is 0.452. The first-order chi connectivity index (χ1) is 4.63. The maximum Gasteiger partial charge on any atom is 0.270 e. The monoisotopic (exact) mass is 161 g/mol. The Morgan fingerprint density at radius 1 is 1.60 bits per heavy atom. The van der Waals surface area contributed by atoms with Gasteiger partial charge in [-0.05, 0) is 13.8 Å². The van der Waals surface area contributed by atoms with Gasteiger partial charge in [0, 0.05) is 6.04 Å². The Morgan fingerprint density at radius 3 is 2.40 bits per heavy atom. The van der Waals surface area contributed by atoms with E-state index in [-0.39, 0.29) is 17.1 Å². The van der Waals surface area contributed by atoms with Crippen molar-refractivity contribution in [3.05, 3.63) is 5.15 Å². The summed E-state index contributed by atoms with van der Waals surface area (Å²) in [5, 5.41) is 16.0. The first-order valence-electron chi connectivity index (χ1n) is 2.92.